The van der Waals surface area contributed by atoms with E-state index in [1.54, 1.807) is 4.90 Å². The second kappa shape index (κ2) is 10.7. The Labute approximate surface area is 223 Å². The average molecular weight is 509 g/mol. The molecule has 1 aromatic heterocycles. The lowest BCUT2D eigenvalue weighted by molar-refractivity contribution is -0.146. The minimum absolute atomic E-state index is 0.000729. The third kappa shape index (κ3) is 4.86. The minimum Gasteiger partial charge on any atom is -0.465 e. The number of likely N-dealkylation sites (N-methyl/N-ethyl adjacent to an activating group) is 1. The Morgan fingerprint density at radius 2 is 1.50 bits per heavy atom. The van der Waals surface area contributed by atoms with Crippen LogP contribution in [0.25, 0.3) is 22.5 Å². The predicted octanol–water partition coefficient (Wildman–Crippen LogP) is 6.51. The van der Waals surface area contributed by atoms with Gasteiger partial charge in [0, 0.05) is 23.4 Å². The number of ether oxygens (including phenoxy) is 1. The second-order valence-electron chi connectivity index (χ2n) is 9.68. The summed E-state index contributed by atoms with van der Waals surface area (Å²) in [6, 6.07) is 25.9. The normalized spacial score (nSPS) is 13.7. The molecule has 0 radical (unpaired) electrons. The molecule has 0 spiro atoms. The number of nitrogens with zero attached hydrogens (tertiary/aromatic N) is 2. The lowest BCUT2D eigenvalue weighted by Crippen LogP contribution is -2.32. The SMILES string of the molecule is CCOC(=O)C1(c2ccc(-c3ccc(-c4onc(C)c4CC(=O)N(CC)c4ccccc4)cc3)cc2)CC1. The van der Waals surface area contributed by atoms with Crippen LogP contribution < -0.4 is 4.90 Å². The molecule has 0 N–H and O–H groups in total. The van der Waals surface area contributed by atoms with Gasteiger partial charge in [0.1, 0.15) is 0 Å². The molecule has 1 fully saturated rings. The number of aromatic nitrogens is 1. The molecular formula is C32H32N2O4. The average Bonchev–Trinajstić information content (AvgIpc) is 3.69. The zero-order chi connectivity index (χ0) is 26.7. The number of benzene rings is 3. The fourth-order valence-corrected chi connectivity index (χ4v) is 4.98. The first-order valence-electron chi connectivity index (χ1n) is 13.2. The van der Waals surface area contributed by atoms with Crippen molar-refractivity contribution in [1.29, 1.82) is 0 Å². The number of para-hydroxylation sites is 1. The van der Waals surface area contributed by atoms with Crippen LogP contribution in [0.1, 0.15) is 43.5 Å². The number of anilines is 1. The molecule has 38 heavy (non-hydrogen) atoms. The highest BCUT2D eigenvalue weighted by Crippen LogP contribution is 2.49. The summed E-state index contributed by atoms with van der Waals surface area (Å²) in [7, 11) is 0. The first kappa shape index (κ1) is 25.5. The fraction of sp³-hybridized carbons (Fsp3) is 0.281. The number of rotatable bonds is 9. The van der Waals surface area contributed by atoms with E-state index in [0.29, 0.717) is 24.6 Å². The van der Waals surface area contributed by atoms with Gasteiger partial charge in [-0.3, -0.25) is 9.59 Å². The van der Waals surface area contributed by atoms with E-state index in [9.17, 15) is 9.59 Å². The van der Waals surface area contributed by atoms with Gasteiger partial charge >= 0.3 is 5.97 Å². The summed E-state index contributed by atoms with van der Waals surface area (Å²) in [5, 5.41) is 4.17. The monoisotopic (exact) mass is 508 g/mol. The van der Waals surface area contributed by atoms with Crippen molar-refractivity contribution in [3.8, 4) is 22.5 Å². The van der Waals surface area contributed by atoms with E-state index in [0.717, 1.165) is 46.3 Å². The molecule has 0 aliphatic heterocycles. The Kier molecular flexibility index (Phi) is 7.14. The molecule has 0 atom stereocenters. The van der Waals surface area contributed by atoms with Gasteiger partial charge in [-0.25, -0.2) is 0 Å². The Balaban J connectivity index is 1.34. The van der Waals surface area contributed by atoms with Gasteiger partial charge < -0.3 is 14.2 Å². The van der Waals surface area contributed by atoms with E-state index < -0.39 is 5.41 Å². The molecule has 1 amide bonds. The number of hydrogen-bond donors (Lipinski definition) is 0. The molecule has 3 aromatic carbocycles. The van der Waals surface area contributed by atoms with E-state index in [1.165, 1.54) is 0 Å². The maximum Gasteiger partial charge on any atom is 0.316 e. The minimum atomic E-state index is -0.468. The summed E-state index contributed by atoms with van der Waals surface area (Å²) in [5.41, 5.74) is 5.92. The molecule has 6 nitrogen and oxygen atoms in total. The summed E-state index contributed by atoms with van der Waals surface area (Å²) in [5.74, 6) is 0.491. The molecule has 1 aliphatic rings. The van der Waals surface area contributed by atoms with Crippen LogP contribution in [-0.2, 0) is 26.2 Å². The van der Waals surface area contributed by atoms with Crippen LogP contribution in [-0.4, -0.2) is 30.2 Å². The van der Waals surface area contributed by atoms with Crippen LogP contribution in [0.2, 0.25) is 0 Å². The number of aryl methyl sites for hydroxylation is 1. The Bertz CT molecular complexity index is 1420. The smallest absolute Gasteiger partial charge is 0.316 e. The molecule has 1 aliphatic carbocycles. The molecule has 4 aromatic rings. The second-order valence-corrected chi connectivity index (χ2v) is 9.68. The van der Waals surface area contributed by atoms with Gasteiger partial charge in [-0.05, 0) is 62.4 Å². The maximum absolute atomic E-state index is 13.2. The van der Waals surface area contributed by atoms with Gasteiger partial charge in [0.25, 0.3) is 0 Å². The highest BCUT2D eigenvalue weighted by atomic mass is 16.5. The third-order valence-corrected chi connectivity index (χ3v) is 7.33. The first-order valence-corrected chi connectivity index (χ1v) is 13.2. The van der Waals surface area contributed by atoms with Crippen LogP contribution in [0.3, 0.4) is 0 Å². The zero-order valence-corrected chi connectivity index (χ0v) is 22.1. The Hall–Kier alpha value is -4.19. The summed E-state index contributed by atoms with van der Waals surface area (Å²) >= 11 is 0. The van der Waals surface area contributed by atoms with Crippen molar-refractivity contribution in [2.24, 2.45) is 0 Å². The van der Waals surface area contributed by atoms with Crippen molar-refractivity contribution in [3.05, 3.63) is 95.7 Å². The van der Waals surface area contributed by atoms with Crippen LogP contribution >= 0.6 is 0 Å². The summed E-state index contributed by atoms with van der Waals surface area (Å²) in [6.45, 7) is 6.66. The lowest BCUT2D eigenvalue weighted by Gasteiger charge is -2.21. The highest BCUT2D eigenvalue weighted by molar-refractivity contribution is 5.95. The van der Waals surface area contributed by atoms with E-state index in [1.807, 2.05) is 87.5 Å². The molecule has 194 valence electrons. The largest absolute Gasteiger partial charge is 0.465 e. The molecule has 6 heteroatoms. The van der Waals surface area contributed by atoms with Crippen molar-refractivity contribution in [1.82, 2.24) is 5.16 Å². The number of carbonyl (C=O) groups is 2. The number of carbonyl (C=O) groups excluding carboxylic acids is 2. The zero-order valence-electron chi connectivity index (χ0n) is 22.1. The molecule has 1 heterocycles. The molecule has 0 saturated heterocycles. The first-order chi connectivity index (χ1) is 18.5. The highest BCUT2D eigenvalue weighted by Gasteiger charge is 2.52. The standard InChI is InChI=1S/C32H32N2O4/c1-4-34(27-9-7-6-8-10-27)29(35)21-28-22(3)33-38-30(28)25-13-11-23(12-14-25)24-15-17-26(18-16-24)32(19-20-32)31(36)37-5-2/h6-18H,4-5,19-21H2,1-3H3. The van der Waals surface area contributed by atoms with Gasteiger partial charge in [0.05, 0.1) is 24.1 Å². The Morgan fingerprint density at radius 1 is 0.895 bits per heavy atom. The van der Waals surface area contributed by atoms with Crippen LogP contribution in [0.15, 0.2) is 83.4 Å². The van der Waals surface area contributed by atoms with Crippen molar-refractivity contribution >= 4 is 17.6 Å². The molecular weight excluding hydrogens is 476 g/mol. The predicted molar refractivity (Wildman–Crippen MR) is 148 cm³/mol. The van der Waals surface area contributed by atoms with Crippen molar-refractivity contribution in [2.45, 2.75) is 45.4 Å². The molecule has 1 saturated carbocycles. The van der Waals surface area contributed by atoms with Gasteiger partial charge in [-0.1, -0.05) is 71.9 Å². The number of amides is 1. The van der Waals surface area contributed by atoms with Gasteiger partial charge in [0.2, 0.25) is 5.91 Å². The molecule has 0 unspecified atom stereocenters. The topological polar surface area (TPSA) is 72.6 Å². The van der Waals surface area contributed by atoms with Crippen molar-refractivity contribution in [3.63, 3.8) is 0 Å². The van der Waals surface area contributed by atoms with Crippen LogP contribution in [0, 0.1) is 6.92 Å². The molecule has 5 rings (SSSR count). The lowest BCUT2D eigenvalue weighted by atomic mass is 9.93. The number of hydrogen-bond acceptors (Lipinski definition) is 5. The van der Waals surface area contributed by atoms with E-state index in [2.05, 4.69) is 17.3 Å². The van der Waals surface area contributed by atoms with Gasteiger partial charge in [0.15, 0.2) is 5.76 Å². The summed E-state index contributed by atoms with van der Waals surface area (Å²) in [6.07, 6.45) is 1.88. The van der Waals surface area contributed by atoms with Crippen LogP contribution in [0.4, 0.5) is 5.69 Å². The number of esters is 1. The third-order valence-electron chi connectivity index (χ3n) is 7.33. The summed E-state index contributed by atoms with van der Waals surface area (Å²) in [4.78, 5) is 27.4. The van der Waals surface area contributed by atoms with E-state index >= 15 is 0 Å². The van der Waals surface area contributed by atoms with Gasteiger partial charge in [-0.15, -0.1) is 0 Å². The Morgan fingerprint density at radius 3 is 2.08 bits per heavy atom. The van der Waals surface area contributed by atoms with Gasteiger partial charge in [-0.2, -0.15) is 0 Å². The summed E-state index contributed by atoms with van der Waals surface area (Å²) < 4.78 is 11.0. The van der Waals surface area contributed by atoms with E-state index in [4.69, 9.17) is 9.26 Å². The quantitative estimate of drug-likeness (QED) is 0.241. The maximum atomic E-state index is 13.2. The van der Waals surface area contributed by atoms with E-state index in [-0.39, 0.29) is 18.3 Å². The van der Waals surface area contributed by atoms with Crippen molar-refractivity contribution < 1.29 is 18.8 Å². The molecule has 0 bridgehead atoms. The fourth-order valence-electron chi connectivity index (χ4n) is 4.98. The van der Waals surface area contributed by atoms with Crippen LogP contribution in [0.5, 0.6) is 0 Å². The van der Waals surface area contributed by atoms with Crippen molar-refractivity contribution in [2.75, 3.05) is 18.1 Å².